The molecule has 0 bridgehead atoms. The number of nitrogens with zero attached hydrogens (tertiary/aromatic N) is 1. The summed E-state index contributed by atoms with van der Waals surface area (Å²) in [4.78, 5) is 47.5. The Morgan fingerprint density at radius 3 is 2.10 bits per heavy atom. The number of nitrogens with two attached hydrogens (primary N) is 1. The lowest BCUT2D eigenvalue weighted by Crippen LogP contribution is -2.46. The van der Waals surface area contributed by atoms with Crippen molar-refractivity contribution in [1.29, 1.82) is 0 Å². The molecule has 1 aliphatic heterocycles. The highest BCUT2D eigenvalue weighted by atomic mass is 16.4. The van der Waals surface area contributed by atoms with Crippen LogP contribution in [0, 0.1) is 11.8 Å². The summed E-state index contributed by atoms with van der Waals surface area (Å²) in [5.74, 6) is -3.49. The molecule has 7 heteroatoms. The first-order valence-electron chi connectivity index (χ1n) is 6.81. The molecule has 3 unspecified atom stereocenters. The minimum absolute atomic E-state index is 0.123. The third kappa shape index (κ3) is 2.52. The lowest BCUT2D eigenvalue weighted by atomic mass is 9.81. The fraction of sp³-hybridized carbons (Fsp3) is 0.692. The van der Waals surface area contributed by atoms with Crippen LogP contribution in [0.5, 0.6) is 0 Å². The maximum Gasteiger partial charge on any atom is 0.326 e. The van der Waals surface area contributed by atoms with E-state index < -0.39 is 29.7 Å². The molecule has 0 aromatic carbocycles. The number of amides is 3. The van der Waals surface area contributed by atoms with Gasteiger partial charge in [-0.3, -0.25) is 19.3 Å². The van der Waals surface area contributed by atoms with Gasteiger partial charge in [-0.05, 0) is 19.3 Å². The first-order valence-corrected chi connectivity index (χ1v) is 6.81. The van der Waals surface area contributed by atoms with Gasteiger partial charge in [-0.15, -0.1) is 0 Å². The highest BCUT2D eigenvalue weighted by Gasteiger charge is 2.51. The summed E-state index contributed by atoms with van der Waals surface area (Å²) in [6.45, 7) is 0. The second-order valence-electron chi connectivity index (χ2n) is 5.40. The molecular weight excluding hydrogens is 264 g/mol. The fourth-order valence-corrected chi connectivity index (χ4v) is 3.14. The van der Waals surface area contributed by atoms with Crippen molar-refractivity contribution in [3.8, 4) is 0 Å². The van der Waals surface area contributed by atoms with Crippen molar-refractivity contribution in [3.63, 3.8) is 0 Å². The van der Waals surface area contributed by atoms with E-state index in [0.29, 0.717) is 12.8 Å². The third-order valence-corrected chi connectivity index (χ3v) is 4.14. The molecule has 0 aromatic rings. The maximum absolute atomic E-state index is 12.3. The molecule has 2 fully saturated rings. The largest absolute Gasteiger partial charge is 0.480 e. The number of carbonyl (C=O) groups excluding carboxylic acids is 3. The van der Waals surface area contributed by atoms with Crippen LogP contribution in [0.15, 0.2) is 0 Å². The molecule has 3 N–H and O–H groups in total. The molecule has 3 atom stereocenters. The highest BCUT2D eigenvalue weighted by Crippen LogP contribution is 2.39. The molecule has 110 valence electrons. The number of hydrogen-bond donors (Lipinski definition) is 2. The van der Waals surface area contributed by atoms with Crippen molar-refractivity contribution in [1.82, 2.24) is 4.90 Å². The molecule has 0 aromatic heterocycles. The summed E-state index contributed by atoms with van der Waals surface area (Å²) < 4.78 is 0. The van der Waals surface area contributed by atoms with Gasteiger partial charge < -0.3 is 10.8 Å². The molecule has 7 nitrogen and oxygen atoms in total. The van der Waals surface area contributed by atoms with E-state index in [2.05, 4.69) is 0 Å². The van der Waals surface area contributed by atoms with Crippen LogP contribution in [0.2, 0.25) is 0 Å². The Bertz CT molecular complexity index is 438. The zero-order valence-corrected chi connectivity index (χ0v) is 11.1. The number of aliphatic carboxylic acids is 1. The summed E-state index contributed by atoms with van der Waals surface area (Å²) in [5, 5.41) is 9.22. The van der Waals surface area contributed by atoms with Crippen LogP contribution in [-0.2, 0) is 19.2 Å². The second-order valence-corrected chi connectivity index (χ2v) is 5.40. The third-order valence-electron chi connectivity index (χ3n) is 4.14. The van der Waals surface area contributed by atoms with Crippen molar-refractivity contribution in [3.05, 3.63) is 0 Å². The van der Waals surface area contributed by atoms with E-state index in [1.807, 2.05) is 0 Å². The average Bonchev–Trinajstić information content (AvgIpc) is 2.64. The summed E-state index contributed by atoms with van der Waals surface area (Å²) in [6, 6.07) is -1.28. The van der Waals surface area contributed by atoms with E-state index >= 15 is 0 Å². The maximum atomic E-state index is 12.3. The van der Waals surface area contributed by atoms with Gasteiger partial charge in [-0.1, -0.05) is 12.8 Å². The molecular formula is C13H18N2O5. The number of carboxylic acids is 1. The summed E-state index contributed by atoms with van der Waals surface area (Å²) in [5.41, 5.74) is 5.01. The SMILES string of the molecule is NC(=O)CCC(C(=O)O)N1C(=O)C2CCCCC2C1=O. The van der Waals surface area contributed by atoms with Crippen LogP contribution in [0.1, 0.15) is 38.5 Å². The standard InChI is InChI=1S/C13H18N2O5/c14-10(16)6-5-9(13(19)20)15-11(17)7-3-1-2-4-8(7)12(15)18/h7-9H,1-6H2,(H2,14,16)(H,19,20). The van der Waals surface area contributed by atoms with Crippen LogP contribution in [0.25, 0.3) is 0 Å². The predicted octanol–water partition coefficient (Wildman–Crippen LogP) is -0.120. The molecule has 1 saturated carbocycles. The zero-order valence-electron chi connectivity index (χ0n) is 11.1. The topological polar surface area (TPSA) is 118 Å². The molecule has 3 amide bonds. The number of hydrogen-bond acceptors (Lipinski definition) is 4. The molecule has 0 spiro atoms. The van der Waals surface area contributed by atoms with Gasteiger partial charge in [0.2, 0.25) is 17.7 Å². The van der Waals surface area contributed by atoms with Gasteiger partial charge in [-0.25, -0.2) is 4.79 Å². The minimum atomic E-state index is -1.28. The van der Waals surface area contributed by atoms with Crippen LogP contribution in [0.4, 0.5) is 0 Å². The molecule has 1 aliphatic carbocycles. The van der Waals surface area contributed by atoms with Gasteiger partial charge in [0.25, 0.3) is 0 Å². The Morgan fingerprint density at radius 1 is 1.20 bits per heavy atom. The van der Waals surface area contributed by atoms with Gasteiger partial charge in [-0.2, -0.15) is 0 Å². The van der Waals surface area contributed by atoms with Crippen molar-refractivity contribution < 1.29 is 24.3 Å². The Hall–Kier alpha value is -1.92. The smallest absolute Gasteiger partial charge is 0.326 e. The monoisotopic (exact) mass is 282 g/mol. The lowest BCUT2D eigenvalue weighted by Gasteiger charge is -2.22. The van der Waals surface area contributed by atoms with E-state index in [9.17, 15) is 24.3 Å². The quantitative estimate of drug-likeness (QED) is 0.681. The van der Waals surface area contributed by atoms with Crippen molar-refractivity contribution in [2.45, 2.75) is 44.6 Å². The van der Waals surface area contributed by atoms with Gasteiger partial charge in [0.15, 0.2) is 0 Å². The van der Waals surface area contributed by atoms with Crippen molar-refractivity contribution in [2.75, 3.05) is 0 Å². The van der Waals surface area contributed by atoms with Crippen LogP contribution in [0.3, 0.4) is 0 Å². The summed E-state index contributed by atoms with van der Waals surface area (Å²) >= 11 is 0. The number of primary amides is 1. The normalized spacial score (nSPS) is 27.3. The number of fused-ring (bicyclic) bond motifs is 1. The Kier molecular flexibility index (Phi) is 4.06. The number of rotatable bonds is 5. The number of imide groups is 1. The van der Waals surface area contributed by atoms with Crippen molar-refractivity contribution in [2.24, 2.45) is 17.6 Å². The highest BCUT2D eigenvalue weighted by molar-refractivity contribution is 6.07. The van der Waals surface area contributed by atoms with Gasteiger partial charge in [0.05, 0.1) is 11.8 Å². The van der Waals surface area contributed by atoms with E-state index in [-0.39, 0.29) is 24.7 Å². The number of carboxylic acid groups (broad SMARTS) is 1. The molecule has 1 heterocycles. The fourth-order valence-electron chi connectivity index (χ4n) is 3.14. The first kappa shape index (κ1) is 14.5. The lowest BCUT2D eigenvalue weighted by molar-refractivity contribution is -0.155. The van der Waals surface area contributed by atoms with E-state index in [4.69, 9.17) is 5.73 Å². The number of likely N-dealkylation sites (tertiary alicyclic amines) is 1. The van der Waals surface area contributed by atoms with E-state index in [0.717, 1.165) is 17.7 Å². The average molecular weight is 282 g/mol. The number of carbonyl (C=O) groups is 4. The van der Waals surface area contributed by atoms with Crippen molar-refractivity contribution >= 4 is 23.7 Å². The Labute approximate surface area is 116 Å². The molecule has 2 aliphatic rings. The zero-order chi connectivity index (χ0) is 14.9. The minimum Gasteiger partial charge on any atom is -0.480 e. The van der Waals surface area contributed by atoms with E-state index in [1.165, 1.54) is 0 Å². The van der Waals surface area contributed by atoms with Crippen LogP contribution >= 0.6 is 0 Å². The summed E-state index contributed by atoms with van der Waals surface area (Å²) in [6.07, 6.45) is 2.74. The first-order chi connectivity index (χ1) is 9.43. The van der Waals surface area contributed by atoms with Gasteiger partial charge >= 0.3 is 5.97 Å². The van der Waals surface area contributed by atoms with Crippen LogP contribution < -0.4 is 5.73 Å². The molecule has 2 rings (SSSR count). The van der Waals surface area contributed by atoms with Crippen LogP contribution in [-0.4, -0.2) is 39.7 Å². The summed E-state index contributed by atoms with van der Waals surface area (Å²) in [7, 11) is 0. The van der Waals surface area contributed by atoms with E-state index in [1.54, 1.807) is 0 Å². The van der Waals surface area contributed by atoms with Gasteiger partial charge in [0, 0.05) is 6.42 Å². The van der Waals surface area contributed by atoms with Gasteiger partial charge in [0.1, 0.15) is 6.04 Å². The Balaban J connectivity index is 2.19. The predicted molar refractivity (Wildman–Crippen MR) is 67.2 cm³/mol. The molecule has 1 saturated heterocycles. The molecule has 0 radical (unpaired) electrons. The molecule has 20 heavy (non-hydrogen) atoms. The Morgan fingerprint density at radius 2 is 1.70 bits per heavy atom. The second kappa shape index (κ2) is 5.60.